The maximum atomic E-state index is 12.4. The lowest BCUT2D eigenvalue weighted by molar-refractivity contribution is -0.142. The van der Waals surface area contributed by atoms with E-state index in [0.29, 0.717) is 13.1 Å². The normalized spacial score (nSPS) is 23.0. The van der Waals surface area contributed by atoms with Gasteiger partial charge in [-0.1, -0.05) is 51.1 Å². The van der Waals surface area contributed by atoms with E-state index in [9.17, 15) is 14.7 Å². The highest BCUT2D eigenvalue weighted by molar-refractivity contribution is 5.79. The highest BCUT2D eigenvalue weighted by atomic mass is 16.4. The van der Waals surface area contributed by atoms with Gasteiger partial charge in [-0.25, -0.2) is 0 Å². The quantitative estimate of drug-likeness (QED) is 0.843. The zero-order chi connectivity index (χ0) is 17.0. The Balaban J connectivity index is 1.94. The summed E-state index contributed by atoms with van der Waals surface area (Å²) in [5, 5.41) is 12.3. The summed E-state index contributed by atoms with van der Waals surface area (Å²) in [6.07, 6.45) is 0. The summed E-state index contributed by atoms with van der Waals surface area (Å²) in [4.78, 5) is 25.5. The molecular weight excluding hydrogens is 292 g/mol. The molecule has 23 heavy (non-hydrogen) atoms. The standard InChI is InChI=1S/C18H26N2O3/c1-12(2)17(14-7-5-4-6-8-14)19-16(21)11-20-9-13(3)15(10-20)18(22)23/h4-8,12-13,15,17H,9-11H2,1-3H3,(H,19,21)(H,22,23)/t13-,15-,17?/m1/s1. The zero-order valence-corrected chi connectivity index (χ0v) is 14.0. The summed E-state index contributed by atoms with van der Waals surface area (Å²) in [6.45, 7) is 7.44. The van der Waals surface area contributed by atoms with Crippen molar-refractivity contribution >= 4 is 11.9 Å². The number of nitrogens with one attached hydrogen (secondary N) is 1. The molecular formula is C18H26N2O3. The van der Waals surface area contributed by atoms with Gasteiger partial charge in [-0.15, -0.1) is 0 Å². The van der Waals surface area contributed by atoms with E-state index in [-0.39, 0.29) is 36.2 Å². The first-order valence-corrected chi connectivity index (χ1v) is 8.18. The van der Waals surface area contributed by atoms with E-state index in [4.69, 9.17) is 0 Å². The second kappa shape index (κ2) is 7.59. The van der Waals surface area contributed by atoms with Gasteiger partial charge in [-0.05, 0) is 17.4 Å². The van der Waals surface area contributed by atoms with Gasteiger partial charge >= 0.3 is 5.97 Å². The van der Waals surface area contributed by atoms with Crippen LogP contribution < -0.4 is 5.32 Å². The van der Waals surface area contributed by atoms with Crippen molar-refractivity contribution in [2.45, 2.75) is 26.8 Å². The van der Waals surface area contributed by atoms with Crippen LogP contribution in [0.1, 0.15) is 32.4 Å². The van der Waals surface area contributed by atoms with Gasteiger partial charge in [0.2, 0.25) is 5.91 Å². The SMILES string of the molecule is CC(C)C(NC(=O)CN1C[C@@H](C)[C@H](C(=O)O)C1)c1ccccc1. The molecule has 0 aliphatic carbocycles. The van der Waals surface area contributed by atoms with Crippen molar-refractivity contribution in [1.82, 2.24) is 10.2 Å². The highest BCUT2D eigenvalue weighted by Gasteiger charge is 2.35. The lowest BCUT2D eigenvalue weighted by atomic mass is 9.96. The molecule has 2 rings (SSSR count). The molecule has 2 N–H and O–H groups in total. The molecule has 1 aliphatic heterocycles. The molecule has 0 radical (unpaired) electrons. The van der Waals surface area contributed by atoms with Crippen LogP contribution in [0.5, 0.6) is 0 Å². The number of aliphatic carboxylic acids is 1. The van der Waals surface area contributed by atoms with Crippen LogP contribution in [0, 0.1) is 17.8 Å². The van der Waals surface area contributed by atoms with Crippen LogP contribution in [0.2, 0.25) is 0 Å². The van der Waals surface area contributed by atoms with Gasteiger partial charge in [0, 0.05) is 13.1 Å². The minimum Gasteiger partial charge on any atom is -0.481 e. The van der Waals surface area contributed by atoms with Crippen molar-refractivity contribution in [2.75, 3.05) is 19.6 Å². The number of carbonyl (C=O) groups is 2. The fourth-order valence-corrected chi connectivity index (χ4v) is 3.24. The van der Waals surface area contributed by atoms with Gasteiger partial charge in [0.05, 0.1) is 18.5 Å². The molecule has 5 nitrogen and oxygen atoms in total. The minimum atomic E-state index is -0.773. The number of amides is 1. The van der Waals surface area contributed by atoms with Crippen molar-refractivity contribution in [2.24, 2.45) is 17.8 Å². The van der Waals surface area contributed by atoms with Crippen LogP contribution in [0.15, 0.2) is 30.3 Å². The van der Waals surface area contributed by atoms with Gasteiger partial charge in [0.25, 0.3) is 0 Å². The maximum Gasteiger partial charge on any atom is 0.308 e. The van der Waals surface area contributed by atoms with Gasteiger partial charge in [0.15, 0.2) is 0 Å². The summed E-state index contributed by atoms with van der Waals surface area (Å²) in [5.74, 6) is -0.839. The van der Waals surface area contributed by atoms with Crippen LogP contribution in [-0.4, -0.2) is 41.5 Å². The van der Waals surface area contributed by atoms with Gasteiger partial charge in [0.1, 0.15) is 0 Å². The smallest absolute Gasteiger partial charge is 0.308 e. The first-order chi connectivity index (χ1) is 10.9. The molecule has 1 aromatic carbocycles. The largest absolute Gasteiger partial charge is 0.481 e. The third-order valence-corrected chi connectivity index (χ3v) is 4.51. The second-order valence-corrected chi connectivity index (χ2v) is 6.82. The first kappa shape index (κ1) is 17.5. The monoisotopic (exact) mass is 318 g/mol. The number of carboxylic acid groups (broad SMARTS) is 1. The van der Waals surface area contributed by atoms with Gasteiger partial charge in [-0.2, -0.15) is 0 Å². The van der Waals surface area contributed by atoms with E-state index in [0.717, 1.165) is 5.56 Å². The summed E-state index contributed by atoms with van der Waals surface area (Å²) in [7, 11) is 0. The number of nitrogens with zero attached hydrogens (tertiary/aromatic N) is 1. The number of hydrogen-bond donors (Lipinski definition) is 2. The molecule has 0 bridgehead atoms. The van der Waals surface area contributed by atoms with Gasteiger partial charge < -0.3 is 10.4 Å². The predicted molar refractivity (Wildman–Crippen MR) is 88.9 cm³/mol. The average Bonchev–Trinajstić information content (AvgIpc) is 2.86. The molecule has 0 spiro atoms. The second-order valence-electron chi connectivity index (χ2n) is 6.82. The van der Waals surface area contributed by atoms with Crippen LogP contribution in [-0.2, 0) is 9.59 Å². The Morgan fingerprint density at radius 2 is 1.91 bits per heavy atom. The Bertz CT molecular complexity index is 544. The topological polar surface area (TPSA) is 69.6 Å². The Morgan fingerprint density at radius 3 is 2.43 bits per heavy atom. The van der Waals surface area contributed by atoms with Crippen molar-refractivity contribution in [3.8, 4) is 0 Å². The van der Waals surface area contributed by atoms with Gasteiger partial charge in [-0.3, -0.25) is 14.5 Å². The van der Waals surface area contributed by atoms with Crippen molar-refractivity contribution in [1.29, 1.82) is 0 Å². The number of carboxylic acids is 1. The van der Waals surface area contributed by atoms with Crippen molar-refractivity contribution in [3.05, 3.63) is 35.9 Å². The summed E-state index contributed by atoms with van der Waals surface area (Å²) in [5.41, 5.74) is 1.09. The summed E-state index contributed by atoms with van der Waals surface area (Å²) >= 11 is 0. The fraction of sp³-hybridized carbons (Fsp3) is 0.556. The van der Waals surface area contributed by atoms with Crippen LogP contribution in [0.25, 0.3) is 0 Å². The van der Waals surface area contributed by atoms with E-state index < -0.39 is 5.97 Å². The highest BCUT2D eigenvalue weighted by Crippen LogP contribution is 2.24. The van der Waals surface area contributed by atoms with E-state index in [1.165, 1.54) is 0 Å². The number of carbonyl (C=O) groups excluding carboxylic acids is 1. The summed E-state index contributed by atoms with van der Waals surface area (Å²) < 4.78 is 0. The van der Waals surface area contributed by atoms with E-state index in [1.54, 1.807) is 0 Å². The zero-order valence-electron chi connectivity index (χ0n) is 14.0. The lowest BCUT2D eigenvalue weighted by Crippen LogP contribution is -2.39. The molecule has 126 valence electrons. The Kier molecular flexibility index (Phi) is 5.77. The van der Waals surface area contributed by atoms with E-state index in [1.807, 2.05) is 42.2 Å². The number of benzene rings is 1. The third kappa shape index (κ3) is 4.55. The average molecular weight is 318 g/mol. The first-order valence-electron chi connectivity index (χ1n) is 8.18. The molecule has 1 unspecified atom stereocenters. The summed E-state index contributed by atoms with van der Waals surface area (Å²) in [6, 6.07) is 9.90. The molecule has 1 fully saturated rings. The third-order valence-electron chi connectivity index (χ3n) is 4.51. The van der Waals surface area contributed by atoms with Crippen LogP contribution in [0.4, 0.5) is 0 Å². The molecule has 5 heteroatoms. The Morgan fingerprint density at radius 1 is 1.26 bits per heavy atom. The molecule has 1 aliphatic rings. The number of hydrogen-bond acceptors (Lipinski definition) is 3. The van der Waals surface area contributed by atoms with Crippen LogP contribution >= 0.6 is 0 Å². The van der Waals surface area contributed by atoms with Crippen molar-refractivity contribution < 1.29 is 14.7 Å². The van der Waals surface area contributed by atoms with E-state index >= 15 is 0 Å². The fourth-order valence-electron chi connectivity index (χ4n) is 3.24. The van der Waals surface area contributed by atoms with Crippen molar-refractivity contribution in [3.63, 3.8) is 0 Å². The maximum absolute atomic E-state index is 12.4. The molecule has 3 atom stereocenters. The molecule has 0 aromatic heterocycles. The Hall–Kier alpha value is -1.88. The predicted octanol–water partition coefficient (Wildman–Crippen LogP) is 2.15. The van der Waals surface area contributed by atoms with E-state index in [2.05, 4.69) is 19.2 Å². The Labute approximate surface area is 137 Å². The molecule has 1 amide bonds. The lowest BCUT2D eigenvalue weighted by Gasteiger charge is -2.24. The molecule has 1 aromatic rings. The number of rotatable bonds is 6. The molecule has 0 saturated carbocycles. The number of likely N-dealkylation sites (tertiary alicyclic amines) is 1. The molecule has 1 saturated heterocycles. The molecule has 1 heterocycles. The minimum absolute atomic E-state index is 0.0287. The van der Waals surface area contributed by atoms with Crippen LogP contribution in [0.3, 0.4) is 0 Å².